The van der Waals surface area contributed by atoms with Crippen molar-refractivity contribution in [3.05, 3.63) is 0 Å². The van der Waals surface area contributed by atoms with Crippen LogP contribution in [0.15, 0.2) is 0 Å². The van der Waals surface area contributed by atoms with Crippen LogP contribution in [0.5, 0.6) is 0 Å². The summed E-state index contributed by atoms with van der Waals surface area (Å²) in [5, 5.41) is 5.46. The molecule has 0 fully saturated rings. The highest BCUT2D eigenvalue weighted by molar-refractivity contribution is 5.73. The van der Waals surface area contributed by atoms with Crippen LogP contribution in [-0.2, 0) is 0 Å². The highest BCUT2D eigenvalue weighted by Gasteiger charge is 2.00. The number of rotatable bonds is 4. The molecule has 0 bridgehead atoms. The minimum Gasteiger partial charge on any atom is -0.338 e. The van der Waals surface area contributed by atoms with Crippen molar-refractivity contribution in [3.63, 3.8) is 0 Å². The third-order valence-electron chi connectivity index (χ3n) is 1.65. The summed E-state index contributed by atoms with van der Waals surface area (Å²) >= 11 is 0. The maximum atomic E-state index is 10.8. The molecule has 66 valence electrons. The Morgan fingerprint density at radius 3 is 2.45 bits per heavy atom. The molecule has 0 aromatic rings. The Labute approximate surface area is 68.6 Å². The largest absolute Gasteiger partial charge is 0.338 e. The molecule has 0 aromatic heterocycles. The van der Waals surface area contributed by atoms with E-state index in [1.165, 1.54) is 0 Å². The van der Waals surface area contributed by atoms with Crippen molar-refractivity contribution >= 4 is 6.03 Å². The van der Waals surface area contributed by atoms with Gasteiger partial charge in [-0.1, -0.05) is 20.3 Å². The van der Waals surface area contributed by atoms with Gasteiger partial charge < -0.3 is 10.6 Å². The topological polar surface area (TPSA) is 41.1 Å². The first-order chi connectivity index (χ1) is 5.20. The molecule has 2 N–H and O–H groups in total. The van der Waals surface area contributed by atoms with Gasteiger partial charge in [-0.2, -0.15) is 0 Å². The van der Waals surface area contributed by atoms with E-state index in [0.717, 1.165) is 13.0 Å². The summed E-state index contributed by atoms with van der Waals surface area (Å²) in [5.41, 5.74) is 0. The van der Waals surface area contributed by atoms with Crippen molar-refractivity contribution in [3.8, 4) is 0 Å². The molecule has 0 aliphatic carbocycles. The van der Waals surface area contributed by atoms with Gasteiger partial charge in [0.25, 0.3) is 0 Å². The van der Waals surface area contributed by atoms with Crippen LogP contribution in [0.25, 0.3) is 0 Å². The lowest BCUT2D eigenvalue weighted by Gasteiger charge is -2.09. The lowest BCUT2D eigenvalue weighted by Crippen LogP contribution is -2.37. The number of carbonyl (C=O) groups excluding carboxylic acids is 1. The Bertz CT molecular complexity index is 115. The van der Waals surface area contributed by atoms with Gasteiger partial charge in [0, 0.05) is 13.1 Å². The van der Waals surface area contributed by atoms with Crippen molar-refractivity contribution in [2.75, 3.05) is 13.1 Å². The summed E-state index contributed by atoms with van der Waals surface area (Å²) in [4.78, 5) is 10.8. The maximum absolute atomic E-state index is 10.8. The minimum atomic E-state index is -0.0622. The lowest BCUT2D eigenvalue weighted by molar-refractivity contribution is 0.239. The highest BCUT2D eigenvalue weighted by atomic mass is 16.2. The molecule has 0 spiro atoms. The number of hydrogen-bond acceptors (Lipinski definition) is 1. The predicted molar refractivity (Wildman–Crippen MR) is 46.5 cm³/mol. The summed E-state index contributed by atoms with van der Waals surface area (Å²) in [6.07, 6.45) is 1.10. The van der Waals surface area contributed by atoms with Crippen molar-refractivity contribution in [2.45, 2.75) is 27.2 Å². The van der Waals surface area contributed by atoms with Gasteiger partial charge in [0.15, 0.2) is 0 Å². The first-order valence-electron chi connectivity index (χ1n) is 4.22. The fourth-order valence-electron chi connectivity index (χ4n) is 0.634. The summed E-state index contributed by atoms with van der Waals surface area (Å²) < 4.78 is 0. The third kappa shape index (κ3) is 5.70. The fourth-order valence-corrected chi connectivity index (χ4v) is 0.634. The van der Waals surface area contributed by atoms with Crippen molar-refractivity contribution in [1.29, 1.82) is 0 Å². The zero-order valence-corrected chi connectivity index (χ0v) is 7.61. The molecule has 11 heavy (non-hydrogen) atoms. The molecular weight excluding hydrogens is 140 g/mol. The van der Waals surface area contributed by atoms with Crippen LogP contribution in [0.3, 0.4) is 0 Å². The van der Waals surface area contributed by atoms with E-state index in [0.29, 0.717) is 12.5 Å². The van der Waals surface area contributed by atoms with Crippen LogP contribution in [-0.4, -0.2) is 19.1 Å². The third-order valence-corrected chi connectivity index (χ3v) is 1.65. The van der Waals surface area contributed by atoms with E-state index in [-0.39, 0.29) is 6.03 Å². The molecular formula is C8H18N2O. The predicted octanol–water partition coefficient (Wildman–Crippen LogP) is 1.35. The van der Waals surface area contributed by atoms with Crippen LogP contribution in [0.1, 0.15) is 27.2 Å². The molecule has 0 heterocycles. The van der Waals surface area contributed by atoms with Gasteiger partial charge in [0.05, 0.1) is 0 Å². The molecule has 0 saturated heterocycles. The summed E-state index contributed by atoms with van der Waals surface area (Å²) in [5.74, 6) is 0.567. The van der Waals surface area contributed by atoms with E-state index in [2.05, 4.69) is 24.5 Å². The number of nitrogens with one attached hydrogen (secondary N) is 2. The van der Waals surface area contributed by atoms with Crippen LogP contribution in [0.4, 0.5) is 4.79 Å². The quantitative estimate of drug-likeness (QED) is 0.637. The Kier molecular flexibility index (Phi) is 5.61. The van der Waals surface area contributed by atoms with Crippen molar-refractivity contribution < 1.29 is 4.79 Å². The van der Waals surface area contributed by atoms with Crippen LogP contribution < -0.4 is 10.6 Å². The van der Waals surface area contributed by atoms with Gasteiger partial charge in [0.1, 0.15) is 0 Å². The van der Waals surface area contributed by atoms with E-state index >= 15 is 0 Å². The second-order valence-corrected chi connectivity index (χ2v) is 2.75. The molecule has 3 nitrogen and oxygen atoms in total. The second-order valence-electron chi connectivity index (χ2n) is 2.75. The number of hydrogen-bond donors (Lipinski definition) is 2. The monoisotopic (exact) mass is 158 g/mol. The maximum Gasteiger partial charge on any atom is 0.314 e. The molecule has 3 heteroatoms. The van der Waals surface area contributed by atoms with Gasteiger partial charge in [0.2, 0.25) is 0 Å². The molecule has 2 amide bonds. The minimum absolute atomic E-state index is 0.0622. The average Bonchev–Trinajstić information content (AvgIpc) is 2.01. The molecule has 0 aliphatic heterocycles. The van der Waals surface area contributed by atoms with Gasteiger partial charge >= 0.3 is 6.03 Å². The summed E-state index contributed by atoms with van der Waals surface area (Å²) in [6.45, 7) is 7.59. The van der Waals surface area contributed by atoms with Crippen LogP contribution >= 0.6 is 0 Å². The lowest BCUT2D eigenvalue weighted by atomic mass is 10.1. The molecule has 0 saturated carbocycles. The number of amides is 2. The molecule has 1 unspecified atom stereocenters. The standard InChI is InChI=1S/C8H18N2O/c1-4-7(3)6-10-8(11)9-5-2/h7H,4-6H2,1-3H3,(H2,9,10,11). The summed E-state index contributed by atoms with van der Waals surface area (Å²) in [7, 11) is 0. The second kappa shape index (κ2) is 6.01. The molecule has 0 radical (unpaired) electrons. The molecule has 0 aliphatic rings. The van der Waals surface area contributed by atoms with E-state index in [1.807, 2.05) is 6.92 Å². The highest BCUT2D eigenvalue weighted by Crippen LogP contribution is 1.96. The zero-order valence-electron chi connectivity index (χ0n) is 7.61. The van der Waals surface area contributed by atoms with Crippen LogP contribution in [0.2, 0.25) is 0 Å². The van der Waals surface area contributed by atoms with Gasteiger partial charge in [-0.15, -0.1) is 0 Å². The van der Waals surface area contributed by atoms with Gasteiger partial charge in [-0.3, -0.25) is 0 Å². The molecule has 1 atom stereocenters. The summed E-state index contributed by atoms with van der Waals surface area (Å²) in [6, 6.07) is -0.0622. The smallest absolute Gasteiger partial charge is 0.314 e. The first kappa shape index (κ1) is 10.3. The Morgan fingerprint density at radius 2 is 2.00 bits per heavy atom. The van der Waals surface area contributed by atoms with Crippen molar-refractivity contribution in [1.82, 2.24) is 10.6 Å². The normalized spacial score (nSPS) is 12.3. The average molecular weight is 158 g/mol. The van der Waals surface area contributed by atoms with E-state index in [4.69, 9.17) is 0 Å². The Hall–Kier alpha value is -0.730. The van der Waals surface area contributed by atoms with E-state index in [9.17, 15) is 4.79 Å². The number of urea groups is 1. The van der Waals surface area contributed by atoms with Crippen molar-refractivity contribution in [2.24, 2.45) is 5.92 Å². The van der Waals surface area contributed by atoms with E-state index in [1.54, 1.807) is 0 Å². The van der Waals surface area contributed by atoms with Gasteiger partial charge in [-0.05, 0) is 12.8 Å². The Balaban J connectivity index is 3.30. The molecule has 0 rings (SSSR count). The number of carbonyl (C=O) groups is 1. The Morgan fingerprint density at radius 1 is 1.36 bits per heavy atom. The fraction of sp³-hybridized carbons (Fsp3) is 0.875. The van der Waals surface area contributed by atoms with E-state index < -0.39 is 0 Å². The zero-order chi connectivity index (χ0) is 8.69. The van der Waals surface area contributed by atoms with Gasteiger partial charge in [-0.25, -0.2) is 4.79 Å². The van der Waals surface area contributed by atoms with Crippen LogP contribution in [0, 0.1) is 5.92 Å². The SMILES string of the molecule is CCNC(=O)NCC(C)CC. The molecule has 0 aromatic carbocycles. The first-order valence-corrected chi connectivity index (χ1v) is 4.22.